The zero-order valence-corrected chi connectivity index (χ0v) is 8.86. The molecule has 0 aliphatic heterocycles. The third-order valence-electron chi connectivity index (χ3n) is 3.14. The van der Waals surface area contributed by atoms with Crippen LogP contribution in [-0.2, 0) is 0 Å². The van der Waals surface area contributed by atoms with Crippen molar-refractivity contribution < 1.29 is 4.79 Å². The second-order valence-electron chi connectivity index (χ2n) is 4.35. The maximum Gasteiger partial charge on any atom is 0.165 e. The number of ketones is 1. The Hall–Kier alpha value is -1.15. The number of hydrogen-bond donors (Lipinski definition) is 1. The molecule has 2 nitrogen and oxygen atoms in total. The Morgan fingerprint density at radius 3 is 2.60 bits per heavy atom. The fourth-order valence-electron chi connectivity index (χ4n) is 2.30. The van der Waals surface area contributed by atoms with Crippen LogP contribution < -0.4 is 5.73 Å². The molecule has 0 aromatic heterocycles. The maximum absolute atomic E-state index is 12.1. The van der Waals surface area contributed by atoms with Crippen molar-refractivity contribution in [3.63, 3.8) is 0 Å². The van der Waals surface area contributed by atoms with Gasteiger partial charge in [0.15, 0.2) is 5.78 Å². The van der Waals surface area contributed by atoms with E-state index < -0.39 is 0 Å². The van der Waals surface area contributed by atoms with Crippen molar-refractivity contribution in [2.45, 2.75) is 31.7 Å². The van der Waals surface area contributed by atoms with Gasteiger partial charge in [0.05, 0.1) is 0 Å². The van der Waals surface area contributed by atoms with Gasteiger partial charge in [0.1, 0.15) is 0 Å². The second-order valence-corrected chi connectivity index (χ2v) is 4.35. The van der Waals surface area contributed by atoms with Gasteiger partial charge in [-0.05, 0) is 19.3 Å². The third kappa shape index (κ3) is 2.45. The van der Waals surface area contributed by atoms with Crippen LogP contribution in [0.1, 0.15) is 36.0 Å². The number of benzene rings is 1. The zero-order chi connectivity index (χ0) is 10.7. The monoisotopic (exact) mass is 203 g/mol. The summed E-state index contributed by atoms with van der Waals surface area (Å²) in [7, 11) is 0. The molecular formula is C13H17NO. The Morgan fingerprint density at radius 2 is 1.93 bits per heavy atom. The van der Waals surface area contributed by atoms with Crippen molar-refractivity contribution in [3.05, 3.63) is 35.9 Å². The number of carbonyl (C=O) groups is 1. The lowest BCUT2D eigenvalue weighted by molar-refractivity contribution is 0.0881. The molecule has 1 aromatic rings. The Balaban J connectivity index is 2.08. The summed E-state index contributed by atoms with van der Waals surface area (Å²) in [6.07, 6.45) is 4.01. The van der Waals surface area contributed by atoms with Gasteiger partial charge in [-0.1, -0.05) is 36.8 Å². The molecule has 1 aliphatic carbocycles. The van der Waals surface area contributed by atoms with E-state index in [1.807, 2.05) is 30.3 Å². The summed E-state index contributed by atoms with van der Waals surface area (Å²) in [6.45, 7) is 0. The van der Waals surface area contributed by atoms with E-state index in [-0.39, 0.29) is 17.7 Å². The van der Waals surface area contributed by atoms with Gasteiger partial charge in [0.2, 0.25) is 0 Å². The van der Waals surface area contributed by atoms with E-state index in [2.05, 4.69) is 0 Å². The van der Waals surface area contributed by atoms with Gasteiger partial charge >= 0.3 is 0 Å². The van der Waals surface area contributed by atoms with Crippen LogP contribution >= 0.6 is 0 Å². The van der Waals surface area contributed by atoms with Crippen molar-refractivity contribution in [1.29, 1.82) is 0 Å². The molecule has 2 unspecified atom stereocenters. The Morgan fingerprint density at radius 1 is 1.20 bits per heavy atom. The lowest BCUT2D eigenvalue weighted by Gasteiger charge is -2.25. The lowest BCUT2D eigenvalue weighted by Crippen LogP contribution is -2.31. The smallest absolute Gasteiger partial charge is 0.165 e. The first-order valence-electron chi connectivity index (χ1n) is 5.62. The van der Waals surface area contributed by atoms with E-state index in [9.17, 15) is 4.79 Å². The molecule has 0 saturated heterocycles. The van der Waals surface area contributed by atoms with E-state index in [1.54, 1.807) is 0 Å². The molecule has 2 heteroatoms. The number of nitrogens with two attached hydrogens (primary N) is 1. The molecule has 1 aromatic carbocycles. The van der Waals surface area contributed by atoms with Crippen LogP contribution in [0.3, 0.4) is 0 Å². The fourth-order valence-corrected chi connectivity index (χ4v) is 2.30. The molecule has 80 valence electrons. The summed E-state index contributed by atoms with van der Waals surface area (Å²) in [5.74, 6) is 0.418. The molecular weight excluding hydrogens is 186 g/mol. The summed E-state index contributed by atoms with van der Waals surface area (Å²) in [5.41, 5.74) is 6.72. The topological polar surface area (TPSA) is 43.1 Å². The quantitative estimate of drug-likeness (QED) is 0.750. The molecule has 1 saturated carbocycles. The van der Waals surface area contributed by atoms with Gasteiger partial charge in [-0.15, -0.1) is 0 Å². The summed E-state index contributed by atoms with van der Waals surface area (Å²) in [5, 5.41) is 0. The lowest BCUT2D eigenvalue weighted by atomic mass is 9.81. The molecule has 0 radical (unpaired) electrons. The molecule has 0 bridgehead atoms. The van der Waals surface area contributed by atoms with E-state index >= 15 is 0 Å². The Kier molecular flexibility index (Phi) is 3.17. The SMILES string of the molecule is NC1CCCC(C(=O)c2ccccc2)C1. The van der Waals surface area contributed by atoms with Crippen LogP contribution in [-0.4, -0.2) is 11.8 Å². The van der Waals surface area contributed by atoms with E-state index in [1.165, 1.54) is 0 Å². The van der Waals surface area contributed by atoms with Crippen LogP contribution in [0.4, 0.5) is 0 Å². The van der Waals surface area contributed by atoms with Crippen molar-refractivity contribution in [3.8, 4) is 0 Å². The van der Waals surface area contributed by atoms with E-state index in [4.69, 9.17) is 5.73 Å². The van der Waals surface area contributed by atoms with Gasteiger partial charge in [0.25, 0.3) is 0 Å². The molecule has 0 amide bonds. The van der Waals surface area contributed by atoms with Crippen molar-refractivity contribution in [2.24, 2.45) is 11.7 Å². The predicted octanol–water partition coefficient (Wildman–Crippen LogP) is 2.39. The standard InChI is InChI=1S/C13H17NO/c14-12-8-4-7-11(9-12)13(15)10-5-2-1-3-6-10/h1-3,5-6,11-12H,4,7-9,14H2. The second kappa shape index (κ2) is 4.58. The van der Waals surface area contributed by atoms with Crippen LogP contribution in [0.15, 0.2) is 30.3 Å². The maximum atomic E-state index is 12.1. The average molecular weight is 203 g/mol. The number of Topliss-reactive ketones (excluding diaryl/α,β-unsaturated/α-hetero) is 1. The first-order valence-corrected chi connectivity index (χ1v) is 5.62. The predicted molar refractivity (Wildman–Crippen MR) is 60.7 cm³/mol. The molecule has 1 aliphatic rings. The van der Waals surface area contributed by atoms with Crippen molar-refractivity contribution in [2.75, 3.05) is 0 Å². The van der Waals surface area contributed by atoms with Gasteiger partial charge in [-0.2, -0.15) is 0 Å². The first-order chi connectivity index (χ1) is 7.27. The van der Waals surface area contributed by atoms with E-state index in [0.29, 0.717) is 0 Å². The number of rotatable bonds is 2. The van der Waals surface area contributed by atoms with E-state index in [0.717, 1.165) is 31.2 Å². The molecule has 0 heterocycles. The van der Waals surface area contributed by atoms with Crippen molar-refractivity contribution >= 4 is 5.78 Å². The van der Waals surface area contributed by atoms with Gasteiger partial charge in [-0.3, -0.25) is 4.79 Å². The summed E-state index contributed by atoms with van der Waals surface area (Å²) in [4.78, 5) is 12.1. The van der Waals surface area contributed by atoms with Crippen LogP contribution in [0.25, 0.3) is 0 Å². The summed E-state index contributed by atoms with van der Waals surface area (Å²) in [6, 6.07) is 9.76. The van der Waals surface area contributed by atoms with Crippen molar-refractivity contribution in [1.82, 2.24) is 0 Å². The third-order valence-corrected chi connectivity index (χ3v) is 3.14. The minimum atomic E-state index is 0.149. The minimum Gasteiger partial charge on any atom is -0.328 e. The van der Waals surface area contributed by atoms with Gasteiger partial charge in [0, 0.05) is 17.5 Å². The highest BCUT2D eigenvalue weighted by molar-refractivity contribution is 5.97. The molecule has 2 atom stereocenters. The van der Waals surface area contributed by atoms with Crippen LogP contribution in [0.2, 0.25) is 0 Å². The Labute approximate surface area is 90.5 Å². The fraction of sp³-hybridized carbons (Fsp3) is 0.462. The highest BCUT2D eigenvalue weighted by atomic mass is 16.1. The van der Waals surface area contributed by atoms with Gasteiger partial charge < -0.3 is 5.73 Å². The summed E-state index contributed by atoms with van der Waals surface area (Å²) < 4.78 is 0. The highest BCUT2D eigenvalue weighted by Crippen LogP contribution is 2.26. The molecule has 2 N–H and O–H groups in total. The zero-order valence-electron chi connectivity index (χ0n) is 8.86. The number of hydrogen-bond acceptors (Lipinski definition) is 2. The Bertz CT molecular complexity index is 334. The van der Waals surface area contributed by atoms with Crippen LogP contribution in [0, 0.1) is 5.92 Å². The summed E-state index contributed by atoms with van der Waals surface area (Å²) >= 11 is 0. The first kappa shape index (κ1) is 10.4. The molecule has 2 rings (SSSR count). The van der Waals surface area contributed by atoms with Gasteiger partial charge in [-0.25, -0.2) is 0 Å². The molecule has 15 heavy (non-hydrogen) atoms. The van der Waals surface area contributed by atoms with Crippen LogP contribution in [0.5, 0.6) is 0 Å². The minimum absolute atomic E-state index is 0.149. The molecule has 0 spiro atoms. The normalized spacial score (nSPS) is 26.2. The largest absolute Gasteiger partial charge is 0.328 e. The molecule has 1 fully saturated rings. The average Bonchev–Trinajstić information content (AvgIpc) is 2.29. The number of carbonyl (C=O) groups excluding carboxylic acids is 1. The highest BCUT2D eigenvalue weighted by Gasteiger charge is 2.25.